The lowest BCUT2D eigenvalue weighted by Crippen LogP contribution is -2.45. The van der Waals surface area contributed by atoms with Crippen LogP contribution >= 0.6 is 12.4 Å². The van der Waals surface area contributed by atoms with Gasteiger partial charge in [0.25, 0.3) is 5.91 Å². The van der Waals surface area contributed by atoms with E-state index in [0.717, 1.165) is 68.7 Å². The summed E-state index contributed by atoms with van der Waals surface area (Å²) >= 11 is 0. The van der Waals surface area contributed by atoms with Crippen LogP contribution in [0.3, 0.4) is 0 Å². The highest BCUT2D eigenvalue weighted by molar-refractivity contribution is 5.94. The number of rotatable bonds is 9. The topological polar surface area (TPSA) is 35.6 Å². The summed E-state index contributed by atoms with van der Waals surface area (Å²) in [5.74, 6) is -0.226. The Morgan fingerprint density at radius 3 is 2.41 bits per heavy atom. The first-order valence-electron chi connectivity index (χ1n) is 13.0. The van der Waals surface area contributed by atoms with Crippen LogP contribution in [-0.2, 0) is 0 Å². The first-order chi connectivity index (χ1) is 17.6. The number of anilines is 2. The minimum absolute atomic E-state index is 0. The van der Waals surface area contributed by atoms with Crippen molar-refractivity contribution in [2.45, 2.75) is 44.1 Å². The zero-order valence-corrected chi connectivity index (χ0v) is 21.7. The molecule has 3 aromatic rings. The normalized spacial score (nSPS) is 18.6. The highest BCUT2D eigenvalue weighted by Gasteiger charge is 2.42. The standard InChI is InChI=1S/C30H33F2N3O.ClH/c31-23-10-13-25(14-11-23)35-28-15-12-24(32)20-26(28)27-21-34(19-16-29(27)35)18-7-2-1-6-17-33-30(36)22-8-4-3-5-9-22;/h3-5,8-15,20,27,29H,1-2,6-7,16-19,21H2,(H,33,36);1H. The number of hydrogen-bond acceptors (Lipinski definition) is 3. The molecule has 2 unspecified atom stereocenters. The first-order valence-corrected chi connectivity index (χ1v) is 13.0. The van der Waals surface area contributed by atoms with Crippen molar-refractivity contribution >= 4 is 29.7 Å². The lowest BCUT2D eigenvalue weighted by molar-refractivity contribution is 0.0953. The number of benzene rings is 3. The average molecular weight is 526 g/mol. The number of amides is 1. The van der Waals surface area contributed by atoms with E-state index in [2.05, 4.69) is 15.1 Å². The molecule has 1 N–H and O–H groups in total. The number of fused-ring (bicyclic) bond motifs is 3. The van der Waals surface area contributed by atoms with Gasteiger partial charge in [0.15, 0.2) is 0 Å². The van der Waals surface area contributed by atoms with Crippen molar-refractivity contribution in [3.8, 4) is 0 Å². The third kappa shape index (κ3) is 6.31. The third-order valence-electron chi connectivity index (χ3n) is 7.47. The van der Waals surface area contributed by atoms with Gasteiger partial charge in [-0.05, 0) is 86.0 Å². The number of carbonyl (C=O) groups excluding carboxylic acids is 1. The number of hydrogen-bond donors (Lipinski definition) is 1. The van der Waals surface area contributed by atoms with Crippen molar-refractivity contribution in [3.05, 3.63) is 95.6 Å². The lowest BCUT2D eigenvalue weighted by atomic mass is 9.88. The molecule has 3 aromatic carbocycles. The van der Waals surface area contributed by atoms with E-state index in [0.29, 0.717) is 12.1 Å². The Morgan fingerprint density at radius 1 is 0.892 bits per heavy atom. The number of nitrogens with zero attached hydrogens (tertiary/aromatic N) is 2. The quantitative estimate of drug-likeness (QED) is 0.316. The monoisotopic (exact) mass is 525 g/mol. The van der Waals surface area contributed by atoms with Crippen LogP contribution in [-0.4, -0.2) is 43.0 Å². The molecule has 2 heterocycles. The van der Waals surface area contributed by atoms with Gasteiger partial charge >= 0.3 is 0 Å². The van der Waals surface area contributed by atoms with Crippen molar-refractivity contribution in [2.75, 3.05) is 31.1 Å². The summed E-state index contributed by atoms with van der Waals surface area (Å²) < 4.78 is 27.7. The van der Waals surface area contributed by atoms with E-state index in [1.165, 1.54) is 18.2 Å². The molecular formula is C30H34ClF2N3O. The van der Waals surface area contributed by atoms with Crippen LogP contribution in [0.2, 0.25) is 0 Å². The maximum absolute atomic E-state index is 14.2. The van der Waals surface area contributed by atoms with Crippen molar-refractivity contribution in [1.29, 1.82) is 0 Å². The fraction of sp³-hybridized carbons (Fsp3) is 0.367. The summed E-state index contributed by atoms with van der Waals surface area (Å²) in [5, 5.41) is 2.99. The van der Waals surface area contributed by atoms with Crippen molar-refractivity contribution in [3.63, 3.8) is 0 Å². The lowest BCUT2D eigenvalue weighted by Gasteiger charge is -2.39. The number of likely N-dealkylation sites (tertiary alicyclic amines) is 1. The molecule has 0 spiro atoms. The molecule has 7 heteroatoms. The van der Waals surface area contributed by atoms with Gasteiger partial charge in [-0.25, -0.2) is 8.78 Å². The van der Waals surface area contributed by atoms with Crippen molar-refractivity contribution in [1.82, 2.24) is 10.2 Å². The molecule has 1 fully saturated rings. The van der Waals surface area contributed by atoms with Crippen LogP contribution in [0.1, 0.15) is 53.9 Å². The second kappa shape index (κ2) is 12.5. The third-order valence-corrected chi connectivity index (χ3v) is 7.47. The second-order valence-electron chi connectivity index (χ2n) is 9.85. The van der Waals surface area contributed by atoms with Gasteiger partial charge in [-0.15, -0.1) is 12.4 Å². The van der Waals surface area contributed by atoms with Crippen LogP contribution in [0, 0.1) is 11.6 Å². The molecule has 37 heavy (non-hydrogen) atoms. The number of carbonyl (C=O) groups is 1. The Balaban J connectivity index is 0.00000320. The van der Waals surface area contributed by atoms with E-state index in [1.807, 2.05) is 48.5 Å². The Hall–Kier alpha value is -2.96. The maximum atomic E-state index is 14.2. The fourth-order valence-corrected chi connectivity index (χ4v) is 5.69. The van der Waals surface area contributed by atoms with Gasteiger partial charge in [0.05, 0.1) is 0 Å². The Labute approximate surface area is 224 Å². The summed E-state index contributed by atoms with van der Waals surface area (Å²) in [6.45, 7) is 3.64. The van der Waals surface area contributed by atoms with E-state index in [4.69, 9.17) is 0 Å². The highest BCUT2D eigenvalue weighted by atomic mass is 35.5. The first kappa shape index (κ1) is 27.1. The maximum Gasteiger partial charge on any atom is 0.251 e. The fourth-order valence-electron chi connectivity index (χ4n) is 5.69. The van der Waals surface area contributed by atoms with Crippen LogP contribution < -0.4 is 10.2 Å². The minimum atomic E-state index is -0.248. The molecule has 0 saturated carbocycles. The number of halogens is 3. The summed E-state index contributed by atoms with van der Waals surface area (Å²) in [6, 6.07) is 21.3. The van der Waals surface area contributed by atoms with Gasteiger partial charge in [-0.2, -0.15) is 0 Å². The Bertz CT molecular complexity index is 1180. The molecule has 5 rings (SSSR count). The zero-order valence-electron chi connectivity index (χ0n) is 20.9. The van der Waals surface area contributed by atoms with Crippen LogP contribution in [0.15, 0.2) is 72.8 Å². The van der Waals surface area contributed by atoms with Gasteiger partial charge < -0.3 is 15.1 Å². The van der Waals surface area contributed by atoms with E-state index in [9.17, 15) is 13.6 Å². The van der Waals surface area contributed by atoms with E-state index in [1.54, 1.807) is 6.07 Å². The molecular weight excluding hydrogens is 492 g/mol. The van der Waals surface area contributed by atoms with Gasteiger partial charge in [-0.1, -0.05) is 31.0 Å². The molecule has 0 radical (unpaired) electrons. The molecule has 0 aromatic heterocycles. The molecule has 1 saturated heterocycles. The average Bonchev–Trinajstić information content (AvgIpc) is 3.22. The van der Waals surface area contributed by atoms with Crippen LogP contribution in [0.5, 0.6) is 0 Å². The molecule has 1 amide bonds. The second-order valence-corrected chi connectivity index (χ2v) is 9.85. The number of nitrogens with one attached hydrogen (secondary N) is 1. The molecule has 2 atom stereocenters. The van der Waals surface area contributed by atoms with Gasteiger partial charge in [0, 0.05) is 48.5 Å². The highest BCUT2D eigenvalue weighted by Crippen LogP contribution is 2.48. The van der Waals surface area contributed by atoms with Crippen molar-refractivity contribution < 1.29 is 13.6 Å². The van der Waals surface area contributed by atoms with E-state index in [-0.39, 0.29) is 41.9 Å². The summed E-state index contributed by atoms with van der Waals surface area (Å²) in [6.07, 6.45) is 5.29. The Kier molecular flexibility index (Phi) is 9.17. The zero-order chi connectivity index (χ0) is 24.9. The summed E-state index contributed by atoms with van der Waals surface area (Å²) in [4.78, 5) is 16.9. The molecule has 2 aliphatic rings. The van der Waals surface area contributed by atoms with E-state index < -0.39 is 0 Å². The molecule has 0 aliphatic carbocycles. The molecule has 2 aliphatic heterocycles. The van der Waals surface area contributed by atoms with E-state index >= 15 is 0 Å². The summed E-state index contributed by atoms with van der Waals surface area (Å²) in [5.41, 5.74) is 3.76. The predicted octanol–water partition coefficient (Wildman–Crippen LogP) is 6.69. The molecule has 196 valence electrons. The van der Waals surface area contributed by atoms with Crippen LogP contribution in [0.25, 0.3) is 0 Å². The van der Waals surface area contributed by atoms with Gasteiger partial charge in [-0.3, -0.25) is 4.79 Å². The molecule has 0 bridgehead atoms. The predicted molar refractivity (Wildman–Crippen MR) is 147 cm³/mol. The van der Waals surface area contributed by atoms with Crippen molar-refractivity contribution in [2.24, 2.45) is 0 Å². The van der Waals surface area contributed by atoms with Gasteiger partial charge in [0.2, 0.25) is 0 Å². The van der Waals surface area contributed by atoms with Crippen LogP contribution in [0.4, 0.5) is 20.2 Å². The summed E-state index contributed by atoms with van der Waals surface area (Å²) in [7, 11) is 0. The number of piperidine rings is 1. The minimum Gasteiger partial charge on any atom is -0.352 e. The SMILES string of the molecule is Cl.O=C(NCCCCCCN1CCC2C(C1)c1cc(F)ccc1N2c1ccc(F)cc1)c1ccccc1. The largest absolute Gasteiger partial charge is 0.352 e. The Morgan fingerprint density at radius 2 is 1.62 bits per heavy atom. The molecule has 4 nitrogen and oxygen atoms in total. The van der Waals surface area contributed by atoms with Gasteiger partial charge in [0.1, 0.15) is 11.6 Å². The number of unbranched alkanes of at least 4 members (excludes halogenated alkanes) is 3. The smallest absolute Gasteiger partial charge is 0.251 e.